The minimum atomic E-state index is -3.55. The fraction of sp³-hybridized carbons (Fsp3) is 0.667. The largest absolute Gasteiger partial charge is 0.378 e. The highest BCUT2D eigenvalue weighted by Crippen LogP contribution is 2.27. The molecule has 2 aliphatic rings. The topological polar surface area (TPSA) is 75.9 Å². The molecule has 0 aromatic carbocycles. The van der Waals surface area contributed by atoms with Crippen molar-refractivity contribution in [2.24, 2.45) is 0 Å². The second kappa shape index (κ2) is 7.02. The van der Waals surface area contributed by atoms with Crippen LogP contribution in [0.2, 0.25) is 0 Å². The lowest BCUT2D eigenvalue weighted by Gasteiger charge is -2.26. The van der Waals surface area contributed by atoms with E-state index < -0.39 is 10.0 Å². The Balaban J connectivity index is 1.84. The number of nitrogens with zero attached hydrogens (tertiary/aromatic N) is 3. The Hall–Kier alpha value is -1.38. The Morgan fingerprint density at radius 3 is 2.48 bits per heavy atom. The summed E-state index contributed by atoms with van der Waals surface area (Å²) in [5.41, 5.74) is 0.414. The van der Waals surface area contributed by atoms with Crippen LogP contribution in [0.15, 0.2) is 15.6 Å². The summed E-state index contributed by atoms with van der Waals surface area (Å²) in [5, 5.41) is 3.87. The molecule has 7 nitrogen and oxygen atoms in total. The number of ether oxygens (including phenoxy) is 1. The molecule has 0 bridgehead atoms. The van der Waals surface area contributed by atoms with Gasteiger partial charge in [-0.2, -0.15) is 4.31 Å². The van der Waals surface area contributed by atoms with Crippen LogP contribution < -0.4 is 0 Å². The van der Waals surface area contributed by atoms with Crippen LogP contribution in [0, 0.1) is 6.92 Å². The van der Waals surface area contributed by atoms with E-state index in [2.05, 4.69) is 10.1 Å². The average molecular weight is 341 g/mol. The third-order valence-corrected chi connectivity index (χ3v) is 6.29. The molecular weight excluding hydrogens is 318 g/mol. The quantitative estimate of drug-likeness (QED) is 0.825. The highest BCUT2D eigenvalue weighted by atomic mass is 32.2. The lowest BCUT2D eigenvalue weighted by atomic mass is 10.2. The fourth-order valence-corrected chi connectivity index (χ4v) is 4.70. The summed E-state index contributed by atoms with van der Waals surface area (Å²) in [6, 6.07) is 0. The van der Waals surface area contributed by atoms with Gasteiger partial charge in [0.1, 0.15) is 5.69 Å². The van der Waals surface area contributed by atoms with Crippen LogP contribution in [0.25, 0.3) is 6.08 Å². The van der Waals surface area contributed by atoms with Crippen LogP contribution in [0.4, 0.5) is 0 Å². The molecule has 0 aliphatic carbocycles. The molecule has 128 valence electrons. The maximum atomic E-state index is 12.9. The maximum Gasteiger partial charge on any atom is 0.248 e. The van der Waals surface area contributed by atoms with Crippen molar-refractivity contribution >= 4 is 16.1 Å². The minimum absolute atomic E-state index is 0.198. The Labute approximate surface area is 136 Å². The van der Waals surface area contributed by atoms with Crippen LogP contribution in [-0.4, -0.2) is 62.2 Å². The number of aryl methyl sites for hydroxylation is 1. The molecule has 2 aliphatic heterocycles. The van der Waals surface area contributed by atoms with Crippen LogP contribution in [0.3, 0.4) is 0 Å². The summed E-state index contributed by atoms with van der Waals surface area (Å²) in [7, 11) is -3.55. The highest BCUT2D eigenvalue weighted by molar-refractivity contribution is 7.89. The molecule has 3 rings (SSSR count). The molecule has 0 atom stereocenters. The van der Waals surface area contributed by atoms with Gasteiger partial charge in [-0.15, -0.1) is 0 Å². The molecule has 0 unspecified atom stereocenters. The summed E-state index contributed by atoms with van der Waals surface area (Å²) in [6.45, 7) is 5.75. The van der Waals surface area contributed by atoms with Gasteiger partial charge in [-0.25, -0.2) is 8.42 Å². The average Bonchev–Trinajstić information content (AvgIpc) is 2.96. The van der Waals surface area contributed by atoms with Crippen molar-refractivity contribution < 1.29 is 17.7 Å². The standard InChI is InChI=1S/C15H23N3O4S/c1-13-15(23(19,20)18-6-3-2-4-7-18)14(22-16-13)5-8-17-9-11-21-12-10-17/h5,8H,2-4,6-7,9-12H2,1H3/b8-5+. The molecule has 2 fully saturated rings. The number of morpholine rings is 1. The van der Waals surface area contributed by atoms with Crippen molar-refractivity contribution in [2.45, 2.75) is 31.1 Å². The van der Waals surface area contributed by atoms with Gasteiger partial charge in [0, 0.05) is 38.5 Å². The molecule has 0 amide bonds. The molecule has 3 heterocycles. The summed E-state index contributed by atoms with van der Waals surface area (Å²) in [4.78, 5) is 2.28. The predicted octanol–water partition coefficient (Wildman–Crippen LogP) is 1.46. The van der Waals surface area contributed by atoms with E-state index in [1.54, 1.807) is 17.3 Å². The van der Waals surface area contributed by atoms with Crippen LogP contribution >= 0.6 is 0 Å². The van der Waals surface area contributed by atoms with Gasteiger partial charge in [-0.05, 0) is 19.8 Å². The van der Waals surface area contributed by atoms with Gasteiger partial charge in [0.2, 0.25) is 10.0 Å². The molecule has 0 saturated carbocycles. The second-order valence-corrected chi connectivity index (χ2v) is 7.76. The van der Waals surface area contributed by atoms with Gasteiger partial charge >= 0.3 is 0 Å². The smallest absolute Gasteiger partial charge is 0.248 e. The third-order valence-electron chi connectivity index (χ3n) is 4.23. The molecule has 2 saturated heterocycles. The number of hydrogen-bond donors (Lipinski definition) is 0. The third kappa shape index (κ3) is 3.59. The summed E-state index contributed by atoms with van der Waals surface area (Å²) in [5.74, 6) is 0.305. The Bertz CT molecular complexity index is 656. The zero-order chi connectivity index (χ0) is 16.3. The van der Waals surface area contributed by atoms with Crippen LogP contribution in [0.5, 0.6) is 0 Å². The van der Waals surface area contributed by atoms with Gasteiger partial charge in [0.15, 0.2) is 10.7 Å². The predicted molar refractivity (Wildman–Crippen MR) is 85.3 cm³/mol. The van der Waals surface area contributed by atoms with E-state index >= 15 is 0 Å². The lowest BCUT2D eigenvalue weighted by molar-refractivity contribution is 0.0597. The van der Waals surface area contributed by atoms with Gasteiger partial charge in [-0.3, -0.25) is 0 Å². The van der Waals surface area contributed by atoms with Gasteiger partial charge < -0.3 is 14.2 Å². The van der Waals surface area contributed by atoms with Gasteiger partial charge in [-0.1, -0.05) is 11.6 Å². The van der Waals surface area contributed by atoms with Gasteiger partial charge in [0.25, 0.3) is 0 Å². The zero-order valence-electron chi connectivity index (χ0n) is 13.4. The SMILES string of the molecule is Cc1noc(/C=C/N2CCOCC2)c1S(=O)(=O)N1CCCCC1. The second-order valence-electron chi connectivity index (χ2n) is 5.89. The van der Waals surface area contributed by atoms with Crippen molar-refractivity contribution in [3.63, 3.8) is 0 Å². The normalized spacial score (nSPS) is 21.2. The summed E-state index contributed by atoms with van der Waals surface area (Å²) < 4.78 is 37.9. The van der Waals surface area contributed by atoms with E-state index in [1.807, 2.05) is 6.20 Å². The van der Waals surface area contributed by atoms with Crippen LogP contribution in [0.1, 0.15) is 30.7 Å². The zero-order valence-corrected chi connectivity index (χ0v) is 14.2. The van der Waals surface area contributed by atoms with Crippen molar-refractivity contribution in [2.75, 3.05) is 39.4 Å². The fourth-order valence-electron chi connectivity index (χ4n) is 2.93. The van der Waals surface area contributed by atoms with Crippen molar-refractivity contribution in [3.05, 3.63) is 17.7 Å². The molecule has 0 N–H and O–H groups in total. The van der Waals surface area contributed by atoms with E-state index in [0.717, 1.165) is 32.4 Å². The molecule has 23 heavy (non-hydrogen) atoms. The van der Waals surface area contributed by atoms with E-state index in [0.29, 0.717) is 37.8 Å². The van der Waals surface area contributed by atoms with Crippen molar-refractivity contribution in [3.8, 4) is 0 Å². The van der Waals surface area contributed by atoms with E-state index in [9.17, 15) is 8.42 Å². The molecule has 1 aromatic rings. The van der Waals surface area contributed by atoms with Gasteiger partial charge in [0.05, 0.1) is 13.2 Å². The first kappa shape index (κ1) is 16.5. The maximum absolute atomic E-state index is 12.9. The van der Waals surface area contributed by atoms with Crippen molar-refractivity contribution in [1.82, 2.24) is 14.4 Å². The molecule has 1 aromatic heterocycles. The Kier molecular flexibility index (Phi) is 5.03. The van der Waals surface area contributed by atoms with Crippen LogP contribution in [-0.2, 0) is 14.8 Å². The molecule has 0 radical (unpaired) electrons. The van der Waals surface area contributed by atoms with E-state index in [4.69, 9.17) is 9.26 Å². The molecule has 8 heteroatoms. The summed E-state index contributed by atoms with van der Waals surface area (Å²) in [6.07, 6.45) is 6.45. The Morgan fingerprint density at radius 1 is 1.09 bits per heavy atom. The van der Waals surface area contributed by atoms with Crippen molar-refractivity contribution in [1.29, 1.82) is 0 Å². The molecular formula is C15H23N3O4S. The monoisotopic (exact) mass is 341 g/mol. The first-order valence-corrected chi connectivity index (χ1v) is 9.49. The number of hydrogen-bond acceptors (Lipinski definition) is 6. The number of rotatable bonds is 4. The Morgan fingerprint density at radius 2 is 1.78 bits per heavy atom. The van der Waals surface area contributed by atoms with E-state index in [-0.39, 0.29) is 4.90 Å². The van der Waals surface area contributed by atoms with E-state index in [1.165, 1.54) is 0 Å². The first-order valence-electron chi connectivity index (χ1n) is 8.05. The lowest BCUT2D eigenvalue weighted by Crippen LogP contribution is -2.36. The summed E-state index contributed by atoms with van der Waals surface area (Å²) >= 11 is 0. The minimum Gasteiger partial charge on any atom is -0.378 e. The number of piperidine rings is 1. The molecule has 0 spiro atoms. The first-order chi connectivity index (χ1) is 11.1. The number of aromatic nitrogens is 1. The highest BCUT2D eigenvalue weighted by Gasteiger charge is 2.32. The number of sulfonamides is 1.